The minimum atomic E-state index is 0.884. The van der Waals surface area contributed by atoms with Gasteiger partial charge in [-0.1, -0.05) is 176 Å². The van der Waals surface area contributed by atoms with Gasteiger partial charge in [0.05, 0.1) is 11.0 Å². The summed E-state index contributed by atoms with van der Waals surface area (Å²) >= 11 is 0. The standard InChI is InChI=1S/C60H40N2O/c1-3-15-41(16-4-1)45-19-11-21-49(39-45)61(47-35-31-42(32-36-47)46-20-12-22-50(40-46)62-56-28-9-7-23-53(56)54-24-8-10-29-57(54)62)48-37-33-44(34-38-48)51-25-14-30-58-59(51)55-27-13-26-52(60(55)63-58)43-17-5-2-6-18-43/h1-40H. The van der Waals surface area contributed by atoms with Crippen LogP contribution in [0.1, 0.15) is 0 Å². The van der Waals surface area contributed by atoms with Crippen molar-refractivity contribution in [3.05, 3.63) is 243 Å². The van der Waals surface area contributed by atoms with Crippen molar-refractivity contribution in [3.63, 3.8) is 0 Å². The maximum atomic E-state index is 6.62. The molecule has 2 aromatic heterocycles. The predicted molar refractivity (Wildman–Crippen MR) is 264 cm³/mol. The average molecular weight is 805 g/mol. The minimum absolute atomic E-state index is 0.884. The van der Waals surface area contributed by atoms with Crippen LogP contribution in [0.15, 0.2) is 247 Å². The van der Waals surface area contributed by atoms with Crippen molar-refractivity contribution >= 4 is 60.8 Å². The summed E-state index contributed by atoms with van der Waals surface area (Å²) in [4.78, 5) is 2.36. The Balaban J connectivity index is 0.937. The van der Waals surface area contributed by atoms with E-state index in [-0.39, 0.29) is 0 Å². The number of anilines is 3. The molecule has 0 amide bonds. The molecule has 12 rings (SSSR count). The van der Waals surface area contributed by atoms with E-state index in [9.17, 15) is 0 Å². The zero-order valence-corrected chi connectivity index (χ0v) is 34.4. The normalized spacial score (nSPS) is 11.5. The Bertz CT molecular complexity index is 3550. The monoisotopic (exact) mass is 804 g/mol. The Morgan fingerprint density at radius 3 is 1.51 bits per heavy atom. The highest BCUT2D eigenvalue weighted by molar-refractivity contribution is 6.15. The highest BCUT2D eigenvalue weighted by atomic mass is 16.3. The highest BCUT2D eigenvalue weighted by Gasteiger charge is 2.19. The molecule has 2 heterocycles. The van der Waals surface area contributed by atoms with E-state index in [1.165, 1.54) is 38.5 Å². The van der Waals surface area contributed by atoms with Gasteiger partial charge in [0.15, 0.2) is 0 Å². The van der Waals surface area contributed by atoms with Gasteiger partial charge < -0.3 is 13.9 Å². The number of fused-ring (bicyclic) bond motifs is 6. The predicted octanol–water partition coefficient (Wildman–Crippen LogP) is 16.8. The lowest BCUT2D eigenvalue weighted by atomic mass is 9.97. The quantitative estimate of drug-likeness (QED) is 0.153. The molecule has 0 fully saturated rings. The van der Waals surface area contributed by atoms with Crippen molar-refractivity contribution in [2.24, 2.45) is 0 Å². The molecule has 0 aliphatic carbocycles. The van der Waals surface area contributed by atoms with Gasteiger partial charge in [-0.2, -0.15) is 0 Å². The lowest BCUT2D eigenvalue weighted by Gasteiger charge is -2.26. The van der Waals surface area contributed by atoms with Crippen LogP contribution in [0.25, 0.3) is 93.9 Å². The molecule has 63 heavy (non-hydrogen) atoms. The second kappa shape index (κ2) is 15.3. The van der Waals surface area contributed by atoms with Crippen molar-refractivity contribution in [2.75, 3.05) is 4.90 Å². The van der Waals surface area contributed by atoms with E-state index in [0.717, 1.165) is 72.5 Å². The molecule has 296 valence electrons. The van der Waals surface area contributed by atoms with Crippen molar-refractivity contribution in [2.45, 2.75) is 0 Å². The fraction of sp³-hybridized carbons (Fsp3) is 0. The zero-order chi connectivity index (χ0) is 41.7. The summed E-state index contributed by atoms with van der Waals surface area (Å²) in [5.41, 5.74) is 17.8. The Labute approximate surface area is 366 Å². The number of rotatable bonds is 8. The van der Waals surface area contributed by atoms with Gasteiger partial charge in [0.1, 0.15) is 11.2 Å². The van der Waals surface area contributed by atoms with Crippen LogP contribution in [0.2, 0.25) is 0 Å². The van der Waals surface area contributed by atoms with E-state index < -0.39 is 0 Å². The molecule has 0 saturated carbocycles. The van der Waals surface area contributed by atoms with Gasteiger partial charge in [-0.05, 0) is 106 Å². The van der Waals surface area contributed by atoms with Gasteiger partial charge in [0.2, 0.25) is 0 Å². The van der Waals surface area contributed by atoms with Crippen LogP contribution in [0.3, 0.4) is 0 Å². The molecule has 0 bridgehead atoms. The van der Waals surface area contributed by atoms with Crippen molar-refractivity contribution in [3.8, 4) is 50.2 Å². The molecule has 3 nitrogen and oxygen atoms in total. The maximum absolute atomic E-state index is 6.62. The molecule has 0 spiro atoms. The summed E-state index contributed by atoms with van der Waals surface area (Å²) in [6, 6.07) is 86.9. The molecular formula is C60H40N2O. The zero-order valence-electron chi connectivity index (χ0n) is 34.4. The number of benzene rings is 10. The topological polar surface area (TPSA) is 21.3 Å². The van der Waals surface area contributed by atoms with Crippen molar-refractivity contribution in [1.82, 2.24) is 4.57 Å². The second-order valence-electron chi connectivity index (χ2n) is 16.1. The van der Waals surface area contributed by atoms with Crippen LogP contribution in [-0.2, 0) is 0 Å². The molecule has 0 atom stereocenters. The average Bonchev–Trinajstić information content (AvgIpc) is 3.92. The summed E-state index contributed by atoms with van der Waals surface area (Å²) < 4.78 is 9.00. The fourth-order valence-electron chi connectivity index (χ4n) is 9.45. The third-order valence-electron chi connectivity index (χ3n) is 12.4. The lowest BCUT2D eigenvalue weighted by molar-refractivity contribution is 0.670. The van der Waals surface area contributed by atoms with Gasteiger partial charge in [0, 0.05) is 49.9 Å². The van der Waals surface area contributed by atoms with Gasteiger partial charge in [-0.25, -0.2) is 0 Å². The molecule has 0 unspecified atom stereocenters. The minimum Gasteiger partial charge on any atom is -0.455 e. The number of aromatic nitrogens is 1. The first-order valence-corrected chi connectivity index (χ1v) is 21.5. The summed E-state index contributed by atoms with van der Waals surface area (Å²) in [7, 11) is 0. The molecule has 0 aliphatic rings. The third kappa shape index (κ3) is 6.38. The van der Waals surface area contributed by atoms with Gasteiger partial charge in [0.25, 0.3) is 0 Å². The van der Waals surface area contributed by atoms with E-state index in [0.29, 0.717) is 0 Å². The maximum Gasteiger partial charge on any atom is 0.143 e. The first-order chi connectivity index (χ1) is 31.2. The molecule has 0 N–H and O–H groups in total. The highest BCUT2D eigenvalue weighted by Crippen LogP contribution is 2.43. The molecular weight excluding hydrogens is 765 g/mol. The Morgan fingerprint density at radius 1 is 0.317 bits per heavy atom. The van der Waals surface area contributed by atoms with Gasteiger partial charge >= 0.3 is 0 Å². The Kier molecular flexibility index (Phi) is 8.83. The Hall–Kier alpha value is -8.40. The van der Waals surface area contributed by atoms with E-state index >= 15 is 0 Å². The molecule has 0 saturated heterocycles. The molecule has 10 aromatic carbocycles. The largest absolute Gasteiger partial charge is 0.455 e. The van der Waals surface area contributed by atoms with Crippen LogP contribution < -0.4 is 4.90 Å². The number of hydrogen-bond donors (Lipinski definition) is 0. The van der Waals surface area contributed by atoms with E-state index in [1.807, 2.05) is 6.07 Å². The second-order valence-corrected chi connectivity index (χ2v) is 16.1. The first-order valence-electron chi connectivity index (χ1n) is 21.5. The van der Waals surface area contributed by atoms with Crippen LogP contribution in [-0.4, -0.2) is 4.57 Å². The van der Waals surface area contributed by atoms with Crippen molar-refractivity contribution < 1.29 is 4.42 Å². The Morgan fingerprint density at radius 2 is 0.810 bits per heavy atom. The van der Waals surface area contributed by atoms with Crippen LogP contribution in [0.5, 0.6) is 0 Å². The summed E-state index contributed by atoms with van der Waals surface area (Å²) in [5, 5.41) is 4.77. The molecule has 3 heteroatoms. The summed E-state index contributed by atoms with van der Waals surface area (Å²) in [6.45, 7) is 0. The summed E-state index contributed by atoms with van der Waals surface area (Å²) in [5.74, 6) is 0. The van der Waals surface area contributed by atoms with Gasteiger partial charge in [-0.3, -0.25) is 0 Å². The lowest BCUT2D eigenvalue weighted by Crippen LogP contribution is -2.10. The van der Waals surface area contributed by atoms with Crippen LogP contribution in [0.4, 0.5) is 17.1 Å². The molecule has 0 aliphatic heterocycles. The SMILES string of the molecule is c1ccc(-c2cccc(N(c3ccc(-c4cccc(-n5c6ccccc6c6ccccc65)c4)cc3)c3ccc(-c4cccc5oc6c(-c7ccccc7)cccc6c45)cc3)c2)cc1. The number of nitrogens with zero attached hydrogens (tertiary/aromatic N) is 2. The number of para-hydroxylation sites is 3. The van der Waals surface area contributed by atoms with E-state index in [1.54, 1.807) is 0 Å². The fourth-order valence-corrected chi connectivity index (χ4v) is 9.45. The van der Waals surface area contributed by atoms with E-state index in [4.69, 9.17) is 4.42 Å². The van der Waals surface area contributed by atoms with Crippen LogP contribution in [0, 0.1) is 0 Å². The van der Waals surface area contributed by atoms with E-state index in [2.05, 4.69) is 246 Å². The first kappa shape index (κ1) is 36.5. The number of furan rings is 1. The third-order valence-corrected chi connectivity index (χ3v) is 12.4. The van der Waals surface area contributed by atoms with Gasteiger partial charge in [-0.15, -0.1) is 0 Å². The summed E-state index contributed by atoms with van der Waals surface area (Å²) in [6.07, 6.45) is 0. The smallest absolute Gasteiger partial charge is 0.143 e. The number of hydrogen-bond acceptors (Lipinski definition) is 2. The molecule has 12 aromatic rings. The van der Waals surface area contributed by atoms with Crippen LogP contribution >= 0.6 is 0 Å². The molecule has 0 radical (unpaired) electrons. The van der Waals surface area contributed by atoms with Crippen molar-refractivity contribution in [1.29, 1.82) is 0 Å².